The van der Waals surface area contributed by atoms with E-state index in [-0.39, 0.29) is 0 Å². The molecule has 0 radical (unpaired) electrons. The molecule has 0 saturated carbocycles. The summed E-state index contributed by atoms with van der Waals surface area (Å²) in [6.45, 7) is 11.3. The molecule has 6 nitrogen and oxygen atoms in total. The summed E-state index contributed by atoms with van der Waals surface area (Å²) in [5.41, 5.74) is 17.2. The van der Waals surface area contributed by atoms with Crippen LogP contribution in [0.4, 0.5) is 5.69 Å². The van der Waals surface area contributed by atoms with Crippen molar-refractivity contribution in [1.82, 2.24) is 19.1 Å². The number of hydrogen-bond acceptors (Lipinski definition) is 3. The van der Waals surface area contributed by atoms with Gasteiger partial charge in [0.1, 0.15) is 0 Å². The second-order valence-corrected chi connectivity index (χ2v) is 16.9. The van der Waals surface area contributed by atoms with Crippen molar-refractivity contribution >= 4 is 49.3 Å². The average Bonchev–Trinajstić information content (AvgIpc) is 3.90. The number of hydrogen-bond donors (Lipinski definition) is 0. The molecule has 0 atom stereocenters. The van der Waals surface area contributed by atoms with Crippen LogP contribution >= 0.6 is 0 Å². The summed E-state index contributed by atoms with van der Waals surface area (Å²) in [5, 5.41) is 14.6. The summed E-state index contributed by atoms with van der Waals surface area (Å²) in [4.78, 5) is 14.0. The highest BCUT2D eigenvalue weighted by molar-refractivity contribution is 6.13. The topological polar surface area (TPSA) is 63.8 Å². The molecular formula is C61H38N6. The van der Waals surface area contributed by atoms with Gasteiger partial charge in [-0.05, 0) is 113 Å². The van der Waals surface area contributed by atoms with Gasteiger partial charge in [0.05, 0.1) is 63.0 Å². The SMILES string of the molecule is [C-]#[N+]c1c(-n2c3ccccc3c3ccc(-c4ccnc(-c5ccccc5)c4)cc32)ccc(-c2cc(C)cc(C#N)c2)c1-n1c2ccccc2c2ccc(-c3ccnc(-c4ccccc4)c3)cc21. The van der Waals surface area contributed by atoms with Crippen LogP contribution in [0.25, 0.3) is 116 Å². The highest BCUT2D eigenvalue weighted by atomic mass is 15.1. The van der Waals surface area contributed by atoms with E-state index in [1.807, 2.05) is 67.8 Å². The van der Waals surface area contributed by atoms with Crippen LogP contribution in [0.3, 0.4) is 0 Å². The number of fused-ring (bicyclic) bond motifs is 6. The molecule has 8 aromatic carbocycles. The minimum absolute atomic E-state index is 0.490. The third-order valence-electron chi connectivity index (χ3n) is 12.9. The van der Waals surface area contributed by atoms with Gasteiger partial charge in [0.25, 0.3) is 0 Å². The van der Waals surface area contributed by atoms with E-state index in [9.17, 15) is 11.8 Å². The Morgan fingerprint density at radius 3 is 1.52 bits per heavy atom. The van der Waals surface area contributed by atoms with Gasteiger partial charge in [-0.2, -0.15) is 5.26 Å². The number of rotatable bonds is 7. The smallest absolute Gasteiger partial charge is 0.234 e. The number of pyridine rings is 2. The van der Waals surface area contributed by atoms with Gasteiger partial charge < -0.3 is 9.13 Å². The molecule has 0 aliphatic heterocycles. The minimum Gasteiger partial charge on any atom is -0.319 e. The summed E-state index contributed by atoms with van der Waals surface area (Å²) in [6, 6.07) is 71.5. The van der Waals surface area contributed by atoms with Crippen molar-refractivity contribution in [2.24, 2.45) is 0 Å². The van der Waals surface area contributed by atoms with Gasteiger partial charge in [0, 0.05) is 45.1 Å². The molecule has 0 bridgehead atoms. The molecule has 0 N–H and O–H groups in total. The Bertz CT molecular complexity index is 4010. The van der Waals surface area contributed by atoms with Crippen LogP contribution in [-0.2, 0) is 0 Å². The monoisotopic (exact) mass is 854 g/mol. The molecule has 0 aliphatic carbocycles. The van der Waals surface area contributed by atoms with Crippen molar-refractivity contribution in [3.05, 3.63) is 235 Å². The first-order valence-corrected chi connectivity index (χ1v) is 22.2. The zero-order valence-electron chi connectivity index (χ0n) is 36.4. The minimum atomic E-state index is 0.490. The van der Waals surface area contributed by atoms with E-state index in [0.717, 1.165) is 116 Å². The van der Waals surface area contributed by atoms with Gasteiger partial charge in [-0.15, -0.1) is 0 Å². The Labute approximate surface area is 387 Å². The summed E-state index contributed by atoms with van der Waals surface area (Å²) in [6.07, 6.45) is 3.74. The van der Waals surface area contributed by atoms with E-state index in [2.05, 4.69) is 172 Å². The molecule has 12 aromatic rings. The fraction of sp³-hybridized carbons (Fsp3) is 0.0164. The number of nitrogens with zero attached hydrogens (tertiary/aromatic N) is 6. The summed E-state index contributed by atoms with van der Waals surface area (Å²) >= 11 is 0. The van der Waals surface area contributed by atoms with E-state index in [0.29, 0.717) is 11.3 Å². The Kier molecular flexibility index (Phi) is 9.38. The molecule has 0 unspecified atom stereocenters. The van der Waals surface area contributed by atoms with Crippen LogP contribution in [-0.4, -0.2) is 19.1 Å². The largest absolute Gasteiger partial charge is 0.319 e. The van der Waals surface area contributed by atoms with Gasteiger partial charge >= 0.3 is 0 Å². The molecule has 312 valence electrons. The van der Waals surface area contributed by atoms with E-state index >= 15 is 0 Å². The van der Waals surface area contributed by atoms with Gasteiger partial charge in [-0.1, -0.05) is 133 Å². The first-order chi connectivity index (χ1) is 33.0. The summed E-state index contributed by atoms with van der Waals surface area (Å²) < 4.78 is 4.53. The molecule has 0 aliphatic rings. The number of nitriles is 1. The van der Waals surface area contributed by atoms with Crippen molar-refractivity contribution in [1.29, 1.82) is 5.26 Å². The van der Waals surface area contributed by atoms with Crippen molar-refractivity contribution in [3.63, 3.8) is 0 Å². The van der Waals surface area contributed by atoms with E-state index in [1.54, 1.807) is 0 Å². The quantitative estimate of drug-likeness (QED) is 0.150. The number of para-hydroxylation sites is 2. The predicted octanol–water partition coefficient (Wildman–Crippen LogP) is 15.7. The average molecular weight is 855 g/mol. The Morgan fingerprint density at radius 2 is 0.955 bits per heavy atom. The summed E-state index contributed by atoms with van der Waals surface area (Å²) in [5.74, 6) is 0. The van der Waals surface area contributed by atoms with Crippen molar-refractivity contribution in [3.8, 4) is 73.3 Å². The Morgan fingerprint density at radius 1 is 0.448 bits per heavy atom. The normalized spacial score (nSPS) is 11.3. The number of aromatic nitrogens is 4. The molecule has 0 fully saturated rings. The van der Waals surface area contributed by atoms with Gasteiger partial charge in [-0.25, -0.2) is 4.85 Å². The Balaban J connectivity index is 1.15. The van der Waals surface area contributed by atoms with Crippen LogP contribution in [0.15, 0.2) is 213 Å². The lowest BCUT2D eigenvalue weighted by molar-refractivity contribution is 1.14. The van der Waals surface area contributed by atoms with Crippen molar-refractivity contribution in [2.75, 3.05) is 0 Å². The zero-order chi connectivity index (χ0) is 45.0. The van der Waals surface area contributed by atoms with Crippen LogP contribution in [0.1, 0.15) is 11.1 Å². The van der Waals surface area contributed by atoms with E-state index in [1.165, 1.54) is 0 Å². The molecule has 0 amide bonds. The maximum Gasteiger partial charge on any atom is 0.234 e. The molecule has 67 heavy (non-hydrogen) atoms. The Hall–Kier alpha value is -9.36. The lowest BCUT2D eigenvalue weighted by Gasteiger charge is -2.21. The molecule has 4 aromatic heterocycles. The predicted molar refractivity (Wildman–Crippen MR) is 274 cm³/mol. The molecule has 12 rings (SSSR count). The molecular weight excluding hydrogens is 817 g/mol. The van der Waals surface area contributed by atoms with E-state index < -0.39 is 0 Å². The molecule has 0 spiro atoms. The highest BCUT2D eigenvalue weighted by Crippen LogP contribution is 2.47. The maximum atomic E-state index is 10.2. The first kappa shape index (κ1) is 39.2. The summed E-state index contributed by atoms with van der Waals surface area (Å²) in [7, 11) is 0. The third-order valence-corrected chi connectivity index (χ3v) is 12.9. The fourth-order valence-corrected chi connectivity index (χ4v) is 9.88. The van der Waals surface area contributed by atoms with Gasteiger partial charge in [0.2, 0.25) is 5.69 Å². The maximum absolute atomic E-state index is 10.2. The zero-order valence-corrected chi connectivity index (χ0v) is 36.4. The van der Waals surface area contributed by atoms with E-state index in [4.69, 9.17) is 9.97 Å². The highest BCUT2D eigenvalue weighted by Gasteiger charge is 2.25. The number of benzene rings is 8. The molecule has 0 saturated heterocycles. The van der Waals surface area contributed by atoms with Crippen LogP contribution < -0.4 is 0 Å². The van der Waals surface area contributed by atoms with Crippen LogP contribution in [0.5, 0.6) is 0 Å². The number of aryl methyl sites for hydroxylation is 1. The molecule has 4 heterocycles. The van der Waals surface area contributed by atoms with Crippen LogP contribution in [0, 0.1) is 24.8 Å². The second kappa shape index (κ2) is 16.0. The van der Waals surface area contributed by atoms with Gasteiger partial charge in [-0.3, -0.25) is 9.97 Å². The fourth-order valence-electron chi connectivity index (χ4n) is 9.88. The van der Waals surface area contributed by atoms with Crippen molar-refractivity contribution in [2.45, 2.75) is 6.92 Å². The van der Waals surface area contributed by atoms with Crippen LogP contribution in [0.2, 0.25) is 0 Å². The van der Waals surface area contributed by atoms with Gasteiger partial charge in [0.15, 0.2) is 0 Å². The molecule has 6 heteroatoms. The third kappa shape index (κ3) is 6.64. The van der Waals surface area contributed by atoms with Crippen molar-refractivity contribution < 1.29 is 0 Å². The standard InChI is InChI=1S/C61H38N6/c1-39-31-40(38-62)33-47(32-39)48-25-26-57(66-55-19-11-9-17-49(55)51-23-21-43(36-58(51)66)45-27-29-64-53(34-45)41-13-5-3-6-14-41)60(63-2)61(48)67-56-20-12-10-18-50(56)52-24-22-44(37-59(52)67)46-28-30-65-54(35-46)42-15-7-4-8-16-42/h3-37H,1H3. The lowest BCUT2D eigenvalue weighted by atomic mass is 9.97. The lowest BCUT2D eigenvalue weighted by Crippen LogP contribution is -2.03. The second-order valence-electron chi connectivity index (χ2n) is 16.9. The first-order valence-electron chi connectivity index (χ1n) is 22.2.